The highest BCUT2D eigenvalue weighted by molar-refractivity contribution is 6.21. The van der Waals surface area contributed by atoms with Crippen molar-refractivity contribution >= 4 is 11.8 Å². The fourth-order valence-corrected chi connectivity index (χ4v) is 1.82. The minimum Gasteiger partial charge on any atom is -0.281 e. The largest absolute Gasteiger partial charge is 0.281 e. The van der Waals surface area contributed by atoms with Gasteiger partial charge in [0.1, 0.15) is 0 Å². The Morgan fingerprint density at radius 1 is 1.12 bits per heavy atom. The Morgan fingerprint density at radius 3 is 2.65 bits per heavy atom. The number of pyridine rings is 1. The molecule has 0 atom stereocenters. The molecule has 0 saturated carbocycles. The van der Waals surface area contributed by atoms with Gasteiger partial charge in [0, 0.05) is 18.6 Å². The van der Waals surface area contributed by atoms with Crippen molar-refractivity contribution in [3.63, 3.8) is 0 Å². The van der Waals surface area contributed by atoms with Crippen molar-refractivity contribution in [1.82, 2.24) is 20.1 Å². The first-order chi connectivity index (χ1) is 8.27. The summed E-state index contributed by atoms with van der Waals surface area (Å²) in [6, 6.07) is 3.28. The number of rotatable bonds is 2. The number of imide groups is 1. The van der Waals surface area contributed by atoms with Crippen LogP contribution < -0.4 is 0 Å². The third kappa shape index (κ3) is 1.42. The van der Waals surface area contributed by atoms with Crippen LogP contribution in [0.2, 0.25) is 0 Å². The highest BCUT2D eigenvalue weighted by atomic mass is 16.2. The second kappa shape index (κ2) is 3.51. The van der Waals surface area contributed by atoms with E-state index in [0.29, 0.717) is 16.8 Å². The Morgan fingerprint density at radius 2 is 1.94 bits per heavy atom. The van der Waals surface area contributed by atoms with Crippen LogP contribution in [-0.2, 0) is 6.54 Å². The summed E-state index contributed by atoms with van der Waals surface area (Å²) >= 11 is 0. The number of carbonyl (C=O) groups is 2. The SMILES string of the molecule is O=C1c2ccncc2C(=O)N1Cc1ccn[nH]1. The van der Waals surface area contributed by atoms with Crippen molar-refractivity contribution in [2.24, 2.45) is 0 Å². The smallest absolute Gasteiger partial charge is 0.263 e. The van der Waals surface area contributed by atoms with Crippen molar-refractivity contribution in [3.05, 3.63) is 47.5 Å². The highest BCUT2D eigenvalue weighted by Gasteiger charge is 2.35. The van der Waals surface area contributed by atoms with Crippen LogP contribution in [0.25, 0.3) is 0 Å². The van der Waals surface area contributed by atoms with Crippen LogP contribution in [-0.4, -0.2) is 31.9 Å². The van der Waals surface area contributed by atoms with Crippen LogP contribution in [0.5, 0.6) is 0 Å². The summed E-state index contributed by atoms with van der Waals surface area (Å²) in [4.78, 5) is 29.0. The predicted octanol–water partition coefficient (Wildman–Crippen LogP) is 0.601. The van der Waals surface area contributed by atoms with E-state index in [-0.39, 0.29) is 18.4 Å². The summed E-state index contributed by atoms with van der Waals surface area (Å²) in [6.45, 7) is 0.201. The Bertz CT molecular complexity index is 556. The summed E-state index contributed by atoms with van der Waals surface area (Å²) < 4.78 is 0. The Kier molecular flexibility index (Phi) is 2.01. The lowest BCUT2D eigenvalue weighted by molar-refractivity contribution is 0.0640. The van der Waals surface area contributed by atoms with Gasteiger partial charge >= 0.3 is 0 Å². The second-order valence-corrected chi connectivity index (χ2v) is 3.70. The van der Waals surface area contributed by atoms with E-state index < -0.39 is 0 Å². The molecule has 2 amide bonds. The molecule has 0 radical (unpaired) electrons. The number of aromatic nitrogens is 3. The molecule has 0 fully saturated rings. The number of nitrogens with zero attached hydrogens (tertiary/aromatic N) is 3. The van der Waals surface area contributed by atoms with Crippen molar-refractivity contribution in [1.29, 1.82) is 0 Å². The summed E-state index contributed by atoms with van der Waals surface area (Å²) in [6.07, 6.45) is 4.50. The molecule has 1 aliphatic rings. The molecule has 2 aromatic rings. The first-order valence-corrected chi connectivity index (χ1v) is 5.06. The van der Waals surface area contributed by atoms with Gasteiger partial charge in [-0.15, -0.1) is 0 Å². The molecule has 84 valence electrons. The fourth-order valence-electron chi connectivity index (χ4n) is 1.82. The zero-order valence-corrected chi connectivity index (χ0v) is 8.75. The highest BCUT2D eigenvalue weighted by Crippen LogP contribution is 2.22. The van der Waals surface area contributed by atoms with Crippen molar-refractivity contribution < 1.29 is 9.59 Å². The summed E-state index contributed by atoms with van der Waals surface area (Å²) in [7, 11) is 0. The van der Waals surface area contributed by atoms with Gasteiger partial charge in [0.05, 0.1) is 23.4 Å². The minimum atomic E-state index is -0.312. The molecule has 0 unspecified atom stereocenters. The van der Waals surface area contributed by atoms with Crippen molar-refractivity contribution in [2.45, 2.75) is 6.54 Å². The van der Waals surface area contributed by atoms with E-state index in [9.17, 15) is 9.59 Å². The average molecular weight is 228 g/mol. The molecule has 17 heavy (non-hydrogen) atoms. The minimum absolute atomic E-state index is 0.201. The fraction of sp³-hybridized carbons (Fsp3) is 0.0909. The molecule has 0 aliphatic carbocycles. The molecular formula is C11H8N4O2. The lowest BCUT2D eigenvalue weighted by Crippen LogP contribution is -2.29. The van der Waals surface area contributed by atoms with E-state index in [1.54, 1.807) is 18.3 Å². The van der Waals surface area contributed by atoms with Crippen LogP contribution in [0, 0.1) is 0 Å². The molecule has 0 spiro atoms. The quantitative estimate of drug-likeness (QED) is 0.763. The molecule has 2 aromatic heterocycles. The van der Waals surface area contributed by atoms with Crippen LogP contribution >= 0.6 is 0 Å². The normalized spacial score (nSPS) is 14.2. The van der Waals surface area contributed by atoms with Gasteiger partial charge in [-0.1, -0.05) is 0 Å². The lowest BCUT2D eigenvalue weighted by atomic mass is 10.2. The van der Waals surface area contributed by atoms with Crippen LogP contribution in [0.4, 0.5) is 0 Å². The predicted molar refractivity (Wildman–Crippen MR) is 57.0 cm³/mol. The number of nitrogens with one attached hydrogen (secondary N) is 1. The molecule has 3 heterocycles. The van der Waals surface area contributed by atoms with Gasteiger partial charge in [-0.05, 0) is 12.1 Å². The van der Waals surface area contributed by atoms with E-state index >= 15 is 0 Å². The molecule has 0 bridgehead atoms. The van der Waals surface area contributed by atoms with E-state index in [2.05, 4.69) is 15.2 Å². The monoisotopic (exact) mass is 228 g/mol. The van der Waals surface area contributed by atoms with Crippen LogP contribution in [0.15, 0.2) is 30.7 Å². The maximum Gasteiger partial charge on any atom is 0.263 e. The van der Waals surface area contributed by atoms with Gasteiger partial charge < -0.3 is 0 Å². The van der Waals surface area contributed by atoms with Gasteiger partial charge in [0.15, 0.2) is 0 Å². The third-order valence-electron chi connectivity index (χ3n) is 2.66. The Hall–Kier alpha value is -2.50. The Balaban J connectivity index is 1.95. The van der Waals surface area contributed by atoms with E-state index in [1.807, 2.05) is 0 Å². The topological polar surface area (TPSA) is 79.0 Å². The third-order valence-corrected chi connectivity index (χ3v) is 2.66. The van der Waals surface area contributed by atoms with Gasteiger partial charge in [-0.3, -0.25) is 24.6 Å². The van der Waals surface area contributed by atoms with Crippen LogP contribution in [0.3, 0.4) is 0 Å². The second-order valence-electron chi connectivity index (χ2n) is 3.70. The van der Waals surface area contributed by atoms with Gasteiger partial charge in [0.2, 0.25) is 0 Å². The molecule has 0 saturated heterocycles. The molecule has 3 rings (SSSR count). The first-order valence-electron chi connectivity index (χ1n) is 5.06. The summed E-state index contributed by atoms with van der Waals surface area (Å²) in [5.41, 5.74) is 1.48. The molecule has 1 N–H and O–H groups in total. The maximum absolute atomic E-state index is 12.0. The summed E-state index contributed by atoms with van der Waals surface area (Å²) in [5, 5.41) is 6.50. The van der Waals surface area contributed by atoms with E-state index in [0.717, 1.165) is 0 Å². The van der Waals surface area contributed by atoms with Crippen molar-refractivity contribution in [2.75, 3.05) is 0 Å². The Labute approximate surface area is 96.3 Å². The average Bonchev–Trinajstić information content (AvgIpc) is 2.94. The number of hydrogen-bond acceptors (Lipinski definition) is 4. The number of H-pyrrole nitrogens is 1. The molecule has 0 aromatic carbocycles. The van der Waals surface area contributed by atoms with Gasteiger partial charge in [-0.2, -0.15) is 5.10 Å². The zero-order chi connectivity index (χ0) is 11.8. The maximum atomic E-state index is 12.0. The number of carbonyl (C=O) groups excluding carboxylic acids is 2. The number of amides is 2. The molecule has 6 nitrogen and oxygen atoms in total. The van der Waals surface area contributed by atoms with Crippen molar-refractivity contribution in [3.8, 4) is 0 Å². The first kappa shape index (κ1) is 9.71. The van der Waals surface area contributed by atoms with Crippen LogP contribution in [0.1, 0.15) is 26.4 Å². The number of fused-ring (bicyclic) bond motifs is 1. The molecule has 6 heteroatoms. The lowest BCUT2D eigenvalue weighted by Gasteiger charge is -2.11. The van der Waals surface area contributed by atoms with E-state index in [1.165, 1.54) is 17.3 Å². The number of hydrogen-bond donors (Lipinski definition) is 1. The molecular weight excluding hydrogens is 220 g/mol. The number of aromatic amines is 1. The zero-order valence-electron chi connectivity index (χ0n) is 8.75. The van der Waals surface area contributed by atoms with E-state index in [4.69, 9.17) is 0 Å². The molecule has 1 aliphatic heterocycles. The standard InChI is InChI=1S/C11H8N4O2/c16-10-8-2-3-12-5-9(8)11(17)15(10)6-7-1-4-13-14-7/h1-5H,6H2,(H,13,14). The summed E-state index contributed by atoms with van der Waals surface area (Å²) in [5.74, 6) is -0.602. The van der Waals surface area contributed by atoms with Gasteiger partial charge in [0.25, 0.3) is 11.8 Å². The van der Waals surface area contributed by atoms with Gasteiger partial charge in [-0.25, -0.2) is 0 Å².